The van der Waals surface area contributed by atoms with Crippen molar-refractivity contribution in [3.63, 3.8) is 0 Å². The van der Waals surface area contributed by atoms with E-state index in [-0.39, 0.29) is 0 Å². The zero-order chi connectivity index (χ0) is 14.7. The highest BCUT2D eigenvalue weighted by atomic mass is 16.3. The summed E-state index contributed by atoms with van der Waals surface area (Å²) in [7, 11) is 0. The number of hydrogen-bond donors (Lipinski definition) is 2. The summed E-state index contributed by atoms with van der Waals surface area (Å²) in [4.78, 5) is 0. The fourth-order valence-electron chi connectivity index (χ4n) is 4.31. The molecule has 3 rings (SSSR count). The minimum Gasteiger partial charge on any atom is -0.388 e. The fraction of sp³-hybridized carbons (Fsp3) is 0.684. The van der Waals surface area contributed by atoms with E-state index in [2.05, 4.69) is 18.2 Å². The predicted molar refractivity (Wildman–Crippen MR) is 87.0 cm³/mol. The van der Waals surface area contributed by atoms with Gasteiger partial charge in [0.15, 0.2) is 0 Å². The molecule has 0 heterocycles. The Labute approximate surface area is 128 Å². The number of rotatable bonds is 7. The van der Waals surface area contributed by atoms with E-state index in [0.717, 1.165) is 11.5 Å². The highest BCUT2D eigenvalue weighted by Crippen LogP contribution is 2.57. The zero-order valence-electron chi connectivity index (χ0n) is 13.1. The summed E-state index contributed by atoms with van der Waals surface area (Å²) in [6.45, 7) is 0.538. The summed E-state index contributed by atoms with van der Waals surface area (Å²) in [6.07, 6.45) is 11.5. The van der Waals surface area contributed by atoms with Gasteiger partial charge in [-0.05, 0) is 74.0 Å². The molecule has 2 nitrogen and oxygen atoms in total. The van der Waals surface area contributed by atoms with E-state index in [0.29, 0.717) is 18.4 Å². The lowest BCUT2D eigenvalue weighted by Gasteiger charge is -2.29. The van der Waals surface area contributed by atoms with Crippen LogP contribution in [0.25, 0.3) is 0 Å². The van der Waals surface area contributed by atoms with Crippen molar-refractivity contribution >= 4 is 0 Å². The van der Waals surface area contributed by atoms with Crippen LogP contribution in [0, 0.1) is 11.3 Å². The molecule has 0 radical (unpaired) electrons. The third kappa shape index (κ3) is 3.49. The van der Waals surface area contributed by atoms with Crippen molar-refractivity contribution in [3.8, 4) is 0 Å². The molecule has 1 aromatic rings. The lowest BCUT2D eigenvalue weighted by atomic mass is 9.76. The molecule has 2 heteroatoms. The van der Waals surface area contributed by atoms with Crippen LogP contribution in [-0.2, 0) is 6.42 Å². The molecule has 1 aromatic carbocycles. The van der Waals surface area contributed by atoms with Gasteiger partial charge in [-0.2, -0.15) is 0 Å². The highest BCUT2D eigenvalue weighted by molar-refractivity contribution is 5.25. The van der Waals surface area contributed by atoms with Crippen molar-refractivity contribution < 1.29 is 5.11 Å². The standard InChI is InChI=1S/C19H29NO/c20-13-9-18(21)16-5-3-4-15(14-16)8-12-19(17-6-7-17)10-1-2-11-19/h3-5,14,17-18,21H,1-2,6-13,20H2. The maximum absolute atomic E-state index is 10.1. The molecule has 21 heavy (non-hydrogen) atoms. The van der Waals surface area contributed by atoms with Gasteiger partial charge in [0, 0.05) is 0 Å². The number of benzene rings is 1. The largest absolute Gasteiger partial charge is 0.388 e. The summed E-state index contributed by atoms with van der Waals surface area (Å²) >= 11 is 0. The first kappa shape index (κ1) is 15.1. The molecule has 0 spiro atoms. The van der Waals surface area contributed by atoms with Gasteiger partial charge in [-0.25, -0.2) is 0 Å². The second-order valence-electron chi connectivity index (χ2n) is 7.18. The molecule has 0 aliphatic heterocycles. The van der Waals surface area contributed by atoms with E-state index < -0.39 is 6.10 Å². The first-order chi connectivity index (χ1) is 10.2. The van der Waals surface area contributed by atoms with Crippen molar-refractivity contribution in [2.45, 2.75) is 63.9 Å². The highest BCUT2D eigenvalue weighted by Gasteiger charge is 2.45. The van der Waals surface area contributed by atoms with E-state index in [9.17, 15) is 5.11 Å². The summed E-state index contributed by atoms with van der Waals surface area (Å²) in [6, 6.07) is 8.52. The Morgan fingerprint density at radius 3 is 2.67 bits per heavy atom. The molecule has 0 aromatic heterocycles. The Hall–Kier alpha value is -0.860. The Bertz CT molecular complexity index is 460. The number of nitrogens with two attached hydrogens (primary N) is 1. The van der Waals surface area contributed by atoms with E-state index in [1.807, 2.05) is 6.07 Å². The van der Waals surface area contributed by atoms with Crippen LogP contribution in [0.4, 0.5) is 0 Å². The molecular weight excluding hydrogens is 258 g/mol. The fourth-order valence-corrected chi connectivity index (χ4v) is 4.31. The van der Waals surface area contributed by atoms with Crippen LogP contribution in [0.3, 0.4) is 0 Å². The third-order valence-electron chi connectivity index (χ3n) is 5.73. The second kappa shape index (κ2) is 6.50. The Balaban J connectivity index is 1.63. The normalized spacial score (nSPS) is 22.4. The Morgan fingerprint density at radius 2 is 2.00 bits per heavy atom. The van der Waals surface area contributed by atoms with Crippen molar-refractivity contribution in [2.75, 3.05) is 6.54 Å². The summed E-state index contributed by atoms with van der Waals surface area (Å²) < 4.78 is 0. The molecule has 2 aliphatic carbocycles. The van der Waals surface area contributed by atoms with Crippen molar-refractivity contribution in [1.82, 2.24) is 0 Å². The maximum Gasteiger partial charge on any atom is 0.0802 e. The molecule has 3 N–H and O–H groups in total. The molecule has 1 unspecified atom stereocenters. The van der Waals surface area contributed by atoms with E-state index in [4.69, 9.17) is 5.73 Å². The van der Waals surface area contributed by atoms with Gasteiger partial charge in [0.2, 0.25) is 0 Å². The van der Waals surface area contributed by atoms with Gasteiger partial charge in [-0.3, -0.25) is 0 Å². The average molecular weight is 287 g/mol. The van der Waals surface area contributed by atoms with E-state index in [1.165, 1.54) is 56.9 Å². The maximum atomic E-state index is 10.1. The van der Waals surface area contributed by atoms with Crippen molar-refractivity contribution in [2.24, 2.45) is 17.1 Å². The van der Waals surface area contributed by atoms with Gasteiger partial charge in [0.05, 0.1) is 6.10 Å². The monoisotopic (exact) mass is 287 g/mol. The number of aryl methyl sites for hydroxylation is 1. The van der Waals surface area contributed by atoms with Crippen LogP contribution < -0.4 is 5.73 Å². The Kier molecular flexibility index (Phi) is 4.66. The molecule has 0 bridgehead atoms. The molecule has 116 valence electrons. The third-order valence-corrected chi connectivity index (χ3v) is 5.73. The molecule has 0 saturated heterocycles. The van der Waals surface area contributed by atoms with Crippen LogP contribution in [-0.4, -0.2) is 11.7 Å². The molecule has 2 aliphatic rings. The first-order valence-electron chi connectivity index (χ1n) is 8.70. The average Bonchev–Trinajstić information content (AvgIpc) is 3.26. The van der Waals surface area contributed by atoms with Gasteiger partial charge in [0.25, 0.3) is 0 Å². The molecule has 1 atom stereocenters. The van der Waals surface area contributed by atoms with Crippen LogP contribution >= 0.6 is 0 Å². The van der Waals surface area contributed by atoms with E-state index in [1.54, 1.807) is 0 Å². The predicted octanol–water partition coefficient (Wildman–Crippen LogP) is 3.97. The first-order valence-corrected chi connectivity index (χ1v) is 8.70. The minimum atomic E-state index is -0.404. The number of aliphatic hydroxyl groups excluding tert-OH is 1. The second-order valence-corrected chi connectivity index (χ2v) is 7.18. The summed E-state index contributed by atoms with van der Waals surface area (Å²) in [5.41, 5.74) is 8.62. The summed E-state index contributed by atoms with van der Waals surface area (Å²) in [5, 5.41) is 10.1. The number of aliphatic hydroxyl groups is 1. The zero-order valence-corrected chi connectivity index (χ0v) is 13.1. The lowest BCUT2D eigenvalue weighted by Crippen LogP contribution is -2.20. The molecule has 2 saturated carbocycles. The van der Waals surface area contributed by atoms with Gasteiger partial charge < -0.3 is 10.8 Å². The molecule has 0 amide bonds. The Morgan fingerprint density at radius 1 is 1.24 bits per heavy atom. The van der Waals surface area contributed by atoms with Gasteiger partial charge in [0.1, 0.15) is 0 Å². The smallest absolute Gasteiger partial charge is 0.0802 e. The van der Waals surface area contributed by atoms with Crippen molar-refractivity contribution in [1.29, 1.82) is 0 Å². The minimum absolute atomic E-state index is 0.404. The van der Waals surface area contributed by atoms with Crippen LogP contribution in [0.15, 0.2) is 24.3 Å². The van der Waals surface area contributed by atoms with Crippen molar-refractivity contribution in [3.05, 3.63) is 35.4 Å². The van der Waals surface area contributed by atoms with Gasteiger partial charge in [-0.15, -0.1) is 0 Å². The lowest BCUT2D eigenvalue weighted by molar-refractivity contribution is 0.170. The quantitative estimate of drug-likeness (QED) is 0.797. The molecule has 2 fully saturated rings. The van der Waals surface area contributed by atoms with Crippen LogP contribution in [0.1, 0.15) is 68.6 Å². The SMILES string of the molecule is NCCC(O)c1cccc(CCC2(C3CC3)CCCC2)c1. The topological polar surface area (TPSA) is 46.2 Å². The summed E-state index contributed by atoms with van der Waals surface area (Å²) in [5.74, 6) is 1.02. The van der Waals surface area contributed by atoms with Gasteiger partial charge >= 0.3 is 0 Å². The number of hydrogen-bond acceptors (Lipinski definition) is 2. The van der Waals surface area contributed by atoms with E-state index >= 15 is 0 Å². The van der Waals surface area contributed by atoms with Crippen LogP contribution in [0.5, 0.6) is 0 Å². The van der Waals surface area contributed by atoms with Crippen LogP contribution in [0.2, 0.25) is 0 Å². The van der Waals surface area contributed by atoms with Gasteiger partial charge in [-0.1, -0.05) is 37.1 Å². The molecular formula is C19H29NO.